The number of benzene rings is 1. The number of hydrogen-bond donors (Lipinski definition) is 1. The molecule has 0 radical (unpaired) electrons. The van der Waals surface area contributed by atoms with Gasteiger partial charge in [0.1, 0.15) is 0 Å². The van der Waals surface area contributed by atoms with E-state index in [2.05, 4.69) is 4.99 Å². The molecule has 0 saturated heterocycles. The lowest BCUT2D eigenvalue weighted by Crippen LogP contribution is -2.09. The van der Waals surface area contributed by atoms with E-state index in [1.807, 2.05) is 6.92 Å². The van der Waals surface area contributed by atoms with E-state index in [-0.39, 0.29) is 0 Å². The summed E-state index contributed by atoms with van der Waals surface area (Å²) in [7, 11) is 0. The summed E-state index contributed by atoms with van der Waals surface area (Å²) in [5.74, 6) is 0.594. The van der Waals surface area contributed by atoms with Gasteiger partial charge in [-0.25, -0.2) is 4.99 Å². The Labute approximate surface area is 93.7 Å². The Morgan fingerprint density at radius 1 is 1.43 bits per heavy atom. The first-order valence-electron chi connectivity index (χ1n) is 4.41. The Kier molecular flexibility index (Phi) is 4.23. The molecule has 0 unspecified atom stereocenters. The van der Waals surface area contributed by atoms with Crippen molar-refractivity contribution < 1.29 is 0 Å². The predicted molar refractivity (Wildman–Crippen MR) is 62.7 cm³/mol. The van der Waals surface area contributed by atoms with Crippen LogP contribution in [0.3, 0.4) is 0 Å². The van der Waals surface area contributed by atoms with Gasteiger partial charge in [-0.15, -0.1) is 0 Å². The summed E-state index contributed by atoms with van der Waals surface area (Å²) < 4.78 is 0. The Morgan fingerprint density at radius 2 is 2.14 bits per heavy atom. The molecule has 1 aromatic carbocycles. The van der Waals surface area contributed by atoms with Gasteiger partial charge in [0.05, 0.1) is 16.5 Å². The molecule has 0 saturated carbocycles. The van der Waals surface area contributed by atoms with Crippen LogP contribution >= 0.6 is 23.2 Å². The standard InChI is InChI=1S/C10H12Cl2N2/c1-2-3-10(13)14-9-5-4-7(11)6-8(9)12/h4-6H,2-3H2,1H3,(H2,13,14). The Bertz CT molecular complexity index is 348. The number of hydrogen-bond acceptors (Lipinski definition) is 1. The van der Waals surface area contributed by atoms with Crippen LogP contribution in [-0.4, -0.2) is 5.84 Å². The minimum absolute atomic E-state index is 0.525. The summed E-state index contributed by atoms with van der Waals surface area (Å²) >= 11 is 11.7. The predicted octanol–water partition coefficient (Wildman–Crippen LogP) is 3.78. The molecule has 0 aliphatic carbocycles. The summed E-state index contributed by atoms with van der Waals surface area (Å²) in [6, 6.07) is 5.15. The van der Waals surface area contributed by atoms with Gasteiger partial charge in [-0.1, -0.05) is 30.1 Å². The fraction of sp³-hybridized carbons (Fsp3) is 0.300. The van der Waals surface area contributed by atoms with Crippen molar-refractivity contribution in [2.45, 2.75) is 19.8 Å². The molecular formula is C10H12Cl2N2. The van der Waals surface area contributed by atoms with E-state index < -0.39 is 0 Å². The molecule has 14 heavy (non-hydrogen) atoms. The summed E-state index contributed by atoms with van der Waals surface area (Å²) in [6.45, 7) is 2.05. The Morgan fingerprint density at radius 3 is 2.71 bits per heavy atom. The molecule has 0 bridgehead atoms. The number of nitrogens with zero attached hydrogens (tertiary/aromatic N) is 1. The molecule has 2 nitrogen and oxygen atoms in total. The third-order valence-electron chi connectivity index (χ3n) is 1.68. The van der Waals surface area contributed by atoms with Crippen molar-refractivity contribution in [2.24, 2.45) is 10.7 Å². The van der Waals surface area contributed by atoms with Gasteiger partial charge in [0.2, 0.25) is 0 Å². The van der Waals surface area contributed by atoms with Crippen LogP contribution in [0, 0.1) is 0 Å². The van der Waals surface area contributed by atoms with Gasteiger partial charge in [-0.3, -0.25) is 0 Å². The molecule has 0 amide bonds. The van der Waals surface area contributed by atoms with E-state index >= 15 is 0 Å². The lowest BCUT2D eigenvalue weighted by molar-refractivity contribution is 0.983. The van der Waals surface area contributed by atoms with Crippen LogP contribution in [0.15, 0.2) is 23.2 Å². The molecule has 0 fully saturated rings. The third-order valence-corrected chi connectivity index (χ3v) is 2.22. The first-order chi connectivity index (χ1) is 6.63. The zero-order chi connectivity index (χ0) is 10.6. The second kappa shape index (κ2) is 5.23. The first-order valence-corrected chi connectivity index (χ1v) is 5.17. The van der Waals surface area contributed by atoms with Crippen LogP contribution in [0.5, 0.6) is 0 Å². The van der Waals surface area contributed by atoms with Crippen LogP contribution in [0.2, 0.25) is 10.0 Å². The molecule has 2 N–H and O–H groups in total. The van der Waals surface area contributed by atoms with Gasteiger partial charge in [0, 0.05) is 11.4 Å². The first kappa shape index (κ1) is 11.3. The van der Waals surface area contributed by atoms with Gasteiger partial charge < -0.3 is 5.73 Å². The maximum Gasteiger partial charge on any atom is 0.0996 e. The van der Waals surface area contributed by atoms with Crippen LogP contribution < -0.4 is 5.73 Å². The monoisotopic (exact) mass is 230 g/mol. The minimum atomic E-state index is 0.525. The third kappa shape index (κ3) is 3.20. The number of nitrogens with two attached hydrogens (primary N) is 1. The quantitative estimate of drug-likeness (QED) is 0.623. The largest absolute Gasteiger partial charge is 0.387 e. The fourth-order valence-corrected chi connectivity index (χ4v) is 1.49. The van der Waals surface area contributed by atoms with Crippen molar-refractivity contribution in [3.8, 4) is 0 Å². The molecule has 0 aromatic heterocycles. The van der Waals surface area contributed by atoms with Crippen LogP contribution in [0.25, 0.3) is 0 Å². The average molecular weight is 231 g/mol. The minimum Gasteiger partial charge on any atom is -0.387 e. The van der Waals surface area contributed by atoms with E-state index in [0.717, 1.165) is 12.8 Å². The lowest BCUT2D eigenvalue weighted by atomic mass is 10.3. The number of rotatable bonds is 3. The maximum atomic E-state index is 5.93. The number of aliphatic imine (C=N–C) groups is 1. The summed E-state index contributed by atoms with van der Waals surface area (Å²) in [5, 5.41) is 1.12. The maximum absolute atomic E-state index is 5.93. The van der Waals surface area contributed by atoms with Crippen LogP contribution in [0.1, 0.15) is 19.8 Å². The van der Waals surface area contributed by atoms with E-state index in [9.17, 15) is 0 Å². The molecule has 0 spiro atoms. The van der Waals surface area contributed by atoms with E-state index in [1.165, 1.54) is 0 Å². The molecule has 1 rings (SSSR count). The Balaban J connectivity index is 2.91. The summed E-state index contributed by atoms with van der Waals surface area (Å²) in [6.07, 6.45) is 1.75. The van der Waals surface area contributed by atoms with E-state index in [1.54, 1.807) is 18.2 Å². The average Bonchev–Trinajstić information content (AvgIpc) is 2.10. The fourth-order valence-electron chi connectivity index (χ4n) is 1.04. The van der Waals surface area contributed by atoms with Crippen molar-refractivity contribution >= 4 is 34.7 Å². The highest BCUT2D eigenvalue weighted by Crippen LogP contribution is 2.27. The normalized spacial score (nSPS) is 11.8. The number of amidine groups is 1. The number of halogens is 2. The summed E-state index contributed by atoms with van der Waals surface area (Å²) in [4.78, 5) is 4.19. The SMILES string of the molecule is CCCC(N)=Nc1ccc(Cl)cc1Cl. The van der Waals surface area contributed by atoms with Gasteiger partial charge in [-0.2, -0.15) is 0 Å². The zero-order valence-corrected chi connectivity index (χ0v) is 9.44. The van der Waals surface area contributed by atoms with Crippen molar-refractivity contribution in [3.63, 3.8) is 0 Å². The van der Waals surface area contributed by atoms with Crippen molar-refractivity contribution in [1.29, 1.82) is 0 Å². The van der Waals surface area contributed by atoms with Gasteiger partial charge in [0.25, 0.3) is 0 Å². The van der Waals surface area contributed by atoms with Gasteiger partial charge >= 0.3 is 0 Å². The highest BCUT2D eigenvalue weighted by atomic mass is 35.5. The molecule has 0 atom stereocenters. The highest BCUT2D eigenvalue weighted by Gasteiger charge is 2.00. The van der Waals surface area contributed by atoms with Gasteiger partial charge in [0.15, 0.2) is 0 Å². The molecular weight excluding hydrogens is 219 g/mol. The second-order valence-corrected chi connectivity index (χ2v) is 3.79. The Hall–Kier alpha value is -0.730. The van der Waals surface area contributed by atoms with Crippen LogP contribution in [-0.2, 0) is 0 Å². The van der Waals surface area contributed by atoms with E-state index in [4.69, 9.17) is 28.9 Å². The molecule has 0 aliphatic rings. The molecule has 4 heteroatoms. The van der Waals surface area contributed by atoms with Crippen LogP contribution in [0.4, 0.5) is 5.69 Å². The molecule has 1 aromatic rings. The van der Waals surface area contributed by atoms with Crippen molar-refractivity contribution in [1.82, 2.24) is 0 Å². The highest BCUT2D eigenvalue weighted by molar-refractivity contribution is 6.36. The molecule has 0 aliphatic heterocycles. The van der Waals surface area contributed by atoms with Crippen molar-refractivity contribution in [2.75, 3.05) is 0 Å². The molecule has 76 valence electrons. The zero-order valence-electron chi connectivity index (χ0n) is 7.93. The smallest absolute Gasteiger partial charge is 0.0996 e. The second-order valence-electron chi connectivity index (χ2n) is 2.95. The topological polar surface area (TPSA) is 38.4 Å². The molecule has 0 heterocycles. The van der Waals surface area contributed by atoms with Crippen molar-refractivity contribution in [3.05, 3.63) is 28.2 Å². The van der Waals surface area contributed by atoms with Gasteiger partial charge in [-0.05, 0) is 24.6 Å². The van der Waals surface area contributed by atoms with E-state index in [0.29, 0.717) is 21.6 Å². The lowest BCUT2D eigenvalue weighted by Gasteiger charge is -2.01. The summed E-state index contributed by atoms with van der Waals surface area (Å²) in [5.41, 5.74) is 6.35.